The van der Waals surface area contributed by atoms with E-state index in [2.05, 4.69) is 5.32 Å². The SMILES string of the molecule is CCN(CC)C(=O)COc1ccc(NC(=O)CCCOc2cccc(F)c2)cc1Cl. The minimum absolute atomic E-state index is 0.0988. The number of rotatable bonds is 11. The minimum atomic E-state index is -0.369. The van der Waals surface area contributed by atoms with Crippen LogP contribution in [0.25, 0.3) is 0 Å². The number of nitrogens with one attached hydrogen (secondary N) is 1. The first-order chi connectivity index (χ1) is 14.4. The fourth-order valence-electron chi connectivity index (χ4n) is 2.71. The number of anilines is 1. The van der Waals surface area contributed by atoms with Gasteiger partial charge >= 0.3 is 0 Å². The molecule has 2 aromatic rings. The van der Waals surface area contributed by atoms with Gasteiger partial charge in [0.25, 0.3) is 5.91 Å². The van der Waals surface area contributed by atoms with Crippen LogP contribution in [0.1, 0.15) is 26.7 Å². The van der Waals surface area contributed by atoms with Crippen molar-refractivity contribution in [1.29, 1.82) is 0 Å². The summed E-state index contributed by atoms with van der Waals surface area (Å²) in [6.07, 6.45) is 0.717. The zero-order valence-electron chi connectivity index (χ0n) is 17.1. The van der Waals surface area contributed by atoms with E-state index < -0.39 is 0 Å². The standard InChI is InChI=1S/C22H26ClFN2O4/c1-3-26(4-2)22(28)15-30-20-11-10-17(14-19(20)23)25-21(27)9-6-12-29-18-8-5-7-16(24)13-18/h5,7-8,10-11,13-14H,3-4,6,9,12,15H2,1-2H3,(H,25,27). The summed E-state index contributed by atoms with van der Waals surface area (Å²) in [7, 11) is 0. The van der Waals surface area contributed by atoms with Gasteiger partial charge in [0.2, 0.25) is 5.91 Å². The number of halogens is 2. The Kier molecular flexibility index (Phi) is 9.41. The second-order valence-electron chi connectivity index (χ2n) is 6.46. The van der Waals surface area contributed by atoms with Crippen LogP contribution in [-0.2, 0) is 9.59 Å². The highest BCUT2D eigenvalue weighted by molar-refractivity contribution is 6.32. The highest BCUT2D eigenvalue weighted by atomic mass is 35.5. The van der Waals surface area contributed by atoms with Gasteiger partial charge in [-0.25, -0.2) is 4.39 Å². The average molecular weight is 437 g/mol. The van der Waals surface area contributed by atoms with E-state index >= 15 is 0 Å². The number of ether oxygens (including phenoxy) is 2. The first-order valence-electron chi connectivity index (χ1n) is 9.81. The van der Waals surface area contributed by atoms with Crippen molar-refractivity contribution in [2.45, 2.75) is 26.7 Å². The van der Waals surface area contributed by atoms with Crippen LogP contribution in [-0.4, -0.2) is 43.0 Å². The van der Waals surface area contributed by atoms with Gasteiger partial charge in [0.15, 0.2) is 6.61 Å². The summed E-state index contributed by atoms with van der Waals surface area (Å²) in [5.74, 6) is 0.121. The molecule has 0 heterocycles. The Bertz CT molecular complexity index is 859. The van der Waals surface area contributed by atoms with Crippen molar-refractivity contribution >= 4 is 29.1 Å². The third kappa shape index (κ3) is 7.55. The molecule has 0 fully saturated rings. The maximum atomic E-state index is 13.1. The van der Waals surface area contributed by atoms with Gasteiger partial charge in [-0.3, -0.25) is 9.59 Å². The van der Waals surface area contributed by atoms with Crippen molar-refractivity contribution in [3.63, 3.8) is 0 Å². The summed E-state index contributed by atoms with van der Waals surface area (Å²) in [4.78, 5) is 25.8. The summed E-state index contributed by atoms with van der Waals surface area (Å²) in [5.41, 5.74) is 0.526. The number of hydrogen-bond acceptors (Lipinski definition) is 4. The molecule has 2 aromatic carbocycles. The molecule has 2 amide bonds. The Balaban J connectivity index is 1.76. The average Bonchev–Trinajstić information content (AvgIpc) is 2.71. The monoisotopic (exact) mass is 436 g/mol. The van der Waals surface area contributed by atoms with E-state index in [0.29, 0.717) is 48.3 Å². The van der Waals surface area contributed by atoms with Gasteiger partial charge in [-0.1, -0.05) is 17.7 Å². The van der Waals surface area contributed by atoms with Gasteiger partial charge in [-0.05, 0) is 50.6 Å². The van der Waals surface area contributed by atoms with E-state index in [-0.39, 0.29) is 30.7 Å². The first kappa shape index (κ1) is 23.5. The van der Waals surface area contributed by atoms with E-state index in [1.54, 1.807) is 35.2 Å². The fraction of sp³-hybridized carbons (Fsp3) is 0.364. The molecule has 0 aliphatic carbocycles. The number of carbonyl (C=O) groups is 2. The lowest BCUT2D eigenvalue weighted by atomic mass is 10.2. The molecule has 0 aliphatic rings. The highest BCUT2D eigenvalue weighted by Gasteiger charge is 2.12. The van der Waals surface area contributed by atoms with Crippen LogP contribution in [0.3, 0.4) is 0 Å². The van der Waals surface area contributed by atoms with Gasteiger partial charge in [-0.15, -0.1) is 0 Å². The van der Waals surface area contributed by atoms with Crippen LogP contribution >= 0.6 is 11.6 Å². The van der Waals surface area contributed by atoms with Crippen molar-refractivity contribution < 1.29 is 23.5 Å². The van der Waals surface area contributed by atoms with Crippen molar-refractivity contribution in [2.24, 2.45) is 0 Å². The Labute approximate surface area is 180 Å². The van der Waals surface area contributed by atoms with Crippen molar-refractivity contribution in [3.8, 4) is 11.5 Å². The molecule has 0 bridgehead atoms. The van der Waals surface area contributed by atoms with E-state index in [4.69, 9.17) is 21.1 Å². The molecule has 0 saturated carbocycles. The third-order valence-electron chi connectivity index (χ3n) is 4.30. The van der Waals surface area contributed by atoms with Gasteiger partial charge < -0.3 is 19.7 Å². The molecule has 8 heteroatoms. The predicted molar refractivity (Wildman–Crippen MR) is 115 cm³/mol. The largest absolute Gasteiger partial charge is 0.493 e. The Morgan fingerprint density at radius 2 is 1.87 bits per heavy atom. The number of carbonyl (C=O) groups excluding carboxylic acids is 2. The topological polar surface area (TPSA) is 67.9 Å². The molecule has 0 radical (unpaired) electrons. The summed E-state index contributed by atoms with van der Waals surface area (Å²) in [5, 5.41) is 3.05. The summed E-state index contributed by atoms with van der Waals surface area (Å²) >= 11 is 6.20. The summed E-state index contributed by atoms with van der Waals surface area (Å²) in [6, 6.07) is 10.7. The van der Waals surface area contributed by atoms with Crippen molar-refractivity contribution in [2.75, 3.05) is 31.6 Å². The number of nitrogens with zero attached hydrogens (tertiary/aromatic N) is 1. The lowest BCUT2D eigenvalue weighted by molar-refractivity contribution is -0.133. The van der Waals surface area contributed by atoms with Gasteiger partial charge in [0.1, 0.15) is 17.3 Å². The zero-order valence-corrected chi connectivity index (χ0v) is 17.9. The maximum absolute atomic E-state index is 13.1. The molecule has 0 aromatic heterocycles. The summed E-state index contributed by atoms with van der Waals surface area (Å²) in [6.45, 7) is 5.23. The Morgan fingerprint density at radius 1 is 1.10 bits per heavy atom. The molecule has 6 nitrogen and oxygen atoms in total. The van der Waals surface area contributed by atoms with Crippen LogP contribution in [0, 0.1) is 5.82 Å². The molecule has 162 valence electrons. The smallest absolute Gasteiger partial charge is 0.260 e. The van der Waals surface area contributed by atoms with Gasteiger partial charge in [0.05, 0.1) is 11.6 Å². The number of likely N-dealkylation sites (N-methyl/N-ethyl adjacent to an activating group) is 1. The second kappa shape index (κ2) is 12.0. The molecule has 0 spiro atoms. The lowest BCUT2D eigenvalue weighted by Crippen LogP contribution is -2.34. The van der Waals surface area contributed by atoms with Crippen LogP contribution in [0.5, 0.6) is 11.5 Å². The van der Waals surface area contributed by atoms with Crippen molar-refractivity contribution in [3.05, 3.63) is 53.3 Å². The molecule has 1 N–H and O–H groups in total. The lowest BCUT2D eigenvalue weighted by Gasteiger charge is -2.19. The van der Waals surface area contributed by atoms with Gasteiger partial charge in [-0.2, -0.15) is 0 Å². The van der Waals surface area contributed by atoms with E-state index in [9.17, 15) is 14.0 Å². The number of hydrogen-bond donors (Lipinski definition) is 1. The first-order valence-corrected chi connectivity index (χ1v) is 10.2. The van der Waals surface area contributed by atoms with Crippen LogP contribution in [0.2, 0.25) is 5.02 Å². The zero-order chi connectivity index (χ0) is 21.9. The Hall–Kier alpha value is -2.80. The quantitative estimate of drug-likeness (QED) is 0.526. The Morgan fingerprint density at radius 3 is 2.53 bits per heavy atom. The van der Waals surface area contributed by atoms with Gasteiger partial charge in [0, 0.05) is 31.3 Å². The van der Waals surface area contributed by atoms with E-state index in [1.165, 1.54) is 12.1 Å². The summed E-state index contributed by atoms with van der Waals surface area (Å²) < 4.78 is 24.0. The maximum Gasteiger partial charge on any atom is 0.260 e. The van der Waals surface area contributed by atoms with Crippen molar-refractivity contribution in [1.82, 2.24) is 4.90 Å². The predicted octanol–water partition coefficient (Wildman–Crippen LogP) is 4.52. The fourth-order valence-corrected chi connectivity index (χ4v) is 2.94. The normalized spacial score (nSPS) is 10.4. The van der Waals surface area contributed by atoms with Crippen LogP contribution in [0.4, 0.5) is 10.1 Å². The minimum Gasteiger partial charge on any atom is -0.493 e. The number of benzene rings is 2. The molecule has 0 aliphatic heterocycles. The van der Waals surface area contributed by atoms with E-state index in [1.807, 2.05) is 13.8 Å². The second-order valence-corrected chi connectivity index (χ2v) is 6.86. The molecule has 30 heavy (non-hydrogen) atoms. The molecule has 0 unspecified atom stereocenters. The molecular formula is C22H26ClFN2O4. The van der Waals surface area contributed by atoms with E-state index in [0.717, 1.165) is 0 Å². The molecule has 0 atom stereocenters. The third-order valence-corrected chi connectivity index (χ3v) is 4.59. The highest BCUT2D eigenvalue weighted by Crippen LogP contribution is 2.28. The molecular weight excluding hydrogens is 411 g/mol. The number of amides is 2. The molecule has 2 rings (SSSR count). The van der Waals surface area contributed by atoms with Crippen LogP contribution < -0.4 is 14.8 Å². The molecule has 0 saturated heterocycles. The van der Waals surface area contributed by atoms with Crippen LogP contribution in [0.15, 0.2) is 42.5 Å².